The maximum atomic E-state index is 9.55. The largest absolute Gasteiger partial charge is 0.478 e. The molecule has 4 nitrogen and oxygen atoms in total. The van der Waals surface area contributed by atoms with Crippen molar-refractivity contribution in [2.45, 2.75) is 113 Å². The van der Waals surface area contributed by atoms with E-state index in [0.717, 1.165) is 0 Å². The smallest absolute Gasteiger partial charge is 0.328 e. The van der Waals surface area contributed by atoms with Crippen LogP contribution in [0.3, 0.4) is 0 Å². The molecule has 0 saturated carbocycles. The van der Waals surface area contributed by atoms with E-state index in [2.05, 4.69) is 6.92 Å². The number of hydrogen-bond donors (Lipinski definition) is 2. The van der Waals surface area contributed by atoms with Crippen LogP contribution in [0.1, 0.15) is 110 Å². The molecule has 154 valence electrons. The molecule has 27 heavy (non-hydrogen) atoms. The molecule has 0 aromatic heterocycles. The zero-order chi connectivity index (χ0) is 20.6. The van der Waals surface area contributed by atoms with E-state index in [4.69, 9.17) is 10.2 Å². The monoisotopic (exact) mass is 392 g/mol. The number of carboxylic acid groups (broad SMARTS) is 2. The van der Waals surface area contributed by atoms with E-state index < -0.39 is 11.9 Å². The van der Waals surface area contributed by atoms with Gasteiger partial charge in [-0.1, -0.05) is 39.0 Å². The summed E-state index contributed by atoms with van der Waals surface area (Å²) in [6.45, 7) is 2.30. The van der Waals surface area contributed by atoms with E-state index in [1.165, 1.54) is 134 Å². The van der Waals surface area contributed by atoms with Gasteiger partial charge in [-0.05, 0) is 0 Å². The zero-order valence-corrected chi connectivity index (χ0v) is 19.9. The van der Waals surface area contributed by atoms with Crippen LogP contribution >= 0.6 is 0 Å². The van der Waals surface area contributed by atoms with Crippen molar-refractivity contribution in [2.75, 3.05) is 0 Å². The van der Waals surface area contributed by atoms with Gasteiger partial charge in [-0.2, -0.15) is 0 Å². The second-order valence-electron chi connectivity index (χ2n) is 7.31. The maximum Gasteiger partial charge on any atom is 0.328 e. The van der Waals surface area contributed by atoms with Gasteiger partial charge < -0.3 is 10.2 Å². The van der Waals surface area contributed by atoms with Gasteiger partial charge in [-0.25, -0.2) is 9.59 Å². The molecule has 0 saturated heterocycles. The zero-order valence-electron chi connectivity index (χ0n) is 17.9. The first-order valence-corrected chi connectivity index (χ1v) is 12.6. The third kappa shape index (κ3) is 33.7. The first kappa shape index (κ1) is 28.9. The third-order valence-corrected chi connectivity index (χ3v) is 5.28. The van der Waals surface area contributed by atoms with Crippen molar-refractivity contribution < 1.29 is 19.8 Å². The van der Waals surface area contributed by atoms with Crippen molar-refractivity contribution >= 4 is 39.9 Å². The van der Waals surface area contributed by atoms with Gasteiger partial charge in [0.15, 0.2) is 0 Å². The molecule has 0 spiro atoms. The Morgan fingerprint density at radius 3 is 1.07 bits per heavy atom. The fraction of sp³-hybridized carbons (Fsp3) is 0.818. The Labute approximate surface area is 184 Å². The molecule has 0 radical (unpaired) electrons. The molecule has 0 bridgehead atoms. The summed E-state index contributed by atoms with van der Waals surface area (Å²) in [7, 11) is 0. The number of carbonyl (C=O) groups is 2. The summed E-state index contributed by atoms with van der Waals surface area (Å²) in [5, 5.41) is 15.6. The van der Waals surface area contributed by atoms with Gasteiger partial charge in [0.25, 0.3) is 0 Å². The molecule has 0 unspecified atom stereocenters. The second-order valence-corrected chi connectivity index (χ2v) is 8.31. The number of hydrogen-bond acceptors (Lipinski definition) is 2. The molecular weight excluding hydrogens is 351 g/mol. The first-order valence-electron chi connectivity index (χ1n) is 11.2. The van der Waals surface area contributed by atoms with Crippen LogP contribution in [-0.2, 0) is 9.59 Å². The fourth-order valence-electron chi connectivity index (χ4n) is 2.94. The SMILES string of the molecule is CCCCCCCCCCCCCCCCC[CH2][Na].O=C(O)C=CC(=O)O. The predicted molar refractivity (Wildman–Crippen MR) is 115 cm³/mol. The van der Waals surface area contributed by atoms with Crippen LogP contribution in [0.2, 0.25) is 3.67 Å². The van der Waals surface area contributed by atoms with Gasteiger partial charge in [0.1, 0.15) is 0 Å². The molecule has 0 heterocycles. The molecule has 0 aromatic carbocycles. The van der Waals surface area contributed by atoms with E-state index >= 15 is 0 Å². The van der Waals surface area contributed by atoms with Crippen LogP contribution in [0.25, 0.3) is 0 Å². The van der Waals surface area contributed by atoms with Crippen LogP contribution in [0.15, 0.2) is 12.2 Å². The number of aliphatic carboxylic acids is 2. The molecule has 0 aliphatic rings. The van der Waals surface area contributed by atoms with Crippen LogP contribution in [0, 0.1) is 0 Å². The average molecular weight is 393 g/mol. The van der Waals surface area contributed by atoms with Gasteiger partial charge in [-0.3, -0.25) is 0 Å². The molecule has 2 N–H and O–H groups in total. The summed E-state index contributed by atoms with van der Waals surface area (Å²) in [6.07, 6.45) is 24.8. The minimum Gasteiger partial charge on any atom is -0.478 e. The molecule has 0 atom stereocenters. The van der Waals surface area contributed by atoms with Crippen molar-refractivity contribution in [3.63, 3.8) is 0 Å². The van der Waals surface area contributed by atoms with Crippen LogP contribution < -0.4 is 0 Å². The number of rotatable bonds is 18. The van der Waals surface area contributed by atoms with Gasteiger partial charge in [0.2, 0.25) is 0 Å². The van der Waals surface area contributed by atoms with Crippen molar-refractivity contribution in [3.8, 4) is 0 Å². The Hall–Kier alpha value is -0.320. The molecule has 0 aromatic rings. The van der Waals surface area contributed by atoms with Gasteiger partial charge in [0.05, 0.1) is 0 Å². The Morgan fingerprint density at radius 2 is 0.852 bits per heavy atom. The Balaban J connectivity index is 0. The Kier molecular flexibility index (Phi) is 27.5. The van der Waals surface area contributed by atoms with E-state index in [1.54, 1.807) is 0 Å². The summed E-state index contributed by atoms with van der Waals surface area (Å²) in [5.74, 6) is -2.51. The van der Waals surface area contributed by atoms with E-state index in [1.807, 2.05) is 0 Å². The molecule has 0 aliphatic carbocycles. The average Bonchev–Trinajstić information content (AvgIpc) is 2.64. The summed E-state index contributed by atoms with van der Waals surface area (Å²) in [4.78, 5) is 19.1. The number of unbranched alkanes of at least 4 members (excludes halogenated alkanes) is 15. The second kappa shape index (κ2) is 25.7. The molecule has 0 fully saturated rings. The van der Waals surface area contributed by atoms with Crippen molar-refractivity contribution in [3.05, 3.63) is 12.2 Å². The van der Waals surface area contributed by atoms with Crippen molar-refractivity contribution in [1.82, 2.24) is 0 Å². The Morgan fingerprint density at radius 1 is 0.593 bits per heavy atom. The molecule has 0 rings (SSSR count). The summed E-state index contributed by atoms with van der Waals surface area (Å²) in [6, 6.07) is 0. The Bertz CT molecular complexity index is 324. The van der Waals surface area contributed by atoms with Crippen LogP contribution in [-0.4, -0.2) is 50.1 Å². The minimum absolute atomic E-state index is 0.558. The summed E-state index contributed by atoms with van der Waals surface area (Å²) in [5.41, 5.74) is 0. The molecular formula is C22H41NaO4. The van der Waals surface area contributed by atoms with Crippen molar-refractivity contribution in [1.29, 1.82) is 0 Å². The van der Waals surface area contributed by atoms with Crippen molar-refractivity contribution in [2.24, 2.45) is 0 Å². The molecule has 5 heteroatoms. The third-order valence-electron chi connectivity index (χ3n) is 4.58. The summed E-state index contributed by atoms with van der Waals surface area (Å²) >= 11 is 1.41. The summed E-state index contributed by atoms with van der Waals surface area (Å²) < 4.78 is 1.51. The molecule has 0 aliphatic heterocycles. The van der Waals surface area contributed by atoms with E-state index in [-0.39, 0.29) is 0 Å². The van der Waals surface area contributed by atoms with Crippen LogP contribution in [0.4, 0.5) is 0 Å². The van der Waals surface area contributed by atoms with Gasteiger partial charge in [-0.15, -0.1) is 0 Å². The first-order chi connectivity index (χ1) is 13.0. The topological polar surface area (TPSA) is 74.6 Å². The quantitative estimate of drug-likeness (QED) is 0.158. The minimum atomic E-state index is -1.26. The van der Waals surface area contributed by atoms with Gasteiger partial charge in [0, 0.05) is 12.2 Å². The normalized spacial score (nSPS) is 10.6. The standard InChI is InChI=1S/C18H37.C4H4O4.Na/c1-3-5-7-9-11-13-15-17-18-16-14-12-10-8-6-4-2;5-3(6)1-2-4(7)8;/h1,3-18H2,2H3;1-2H,(H,5,6)(H,7,8);. The van der Waals surface area contributed by atoms with Crippen LogP contribution in [0.5, 0.6) is 0 Å². The van der Waals surface area contributed by atoms with Gasteiger partial charge >= 0.3 is 114 Å². The number of carboxylic acids is 2. The molecule has 0 amide bonds. The fourth-order valence-corrected chi connectivity index (χ4v) is 3.44. The van der Waals surface area contributed by atoms with E-state index in [0.29, 0.717) is 12.2 Å². The maximum absolute atomic E-state index is 9.55. The predicted octanol–water partition coefficient (Wildman–Crippen LogP) is 6.55. The van der Waals surface area contributed by atoms with E-state index in [9.17, 15) is 9.59 Å².